The van der Waals surface area contributed by atoms with Crippen LogP contribution in [0.2, 0.25) is 0 Å². The molecule has 2 saturated heterocycles. The van der Waals surface area contributed by atoms with Crippen LogP contribution < -0.4 is 4.90 Å². The van der Waals surface area contributed by atoms with Crippen molar-refractivity contribution in [2.75, 3.05) is 57.3 Å². The van der Waals surface area contributed by atoms with E-state index in [1.165, 1.54) is 87.8 Å². The van der Waals surface area contributed by atoms with E-state index in [-0.39, 0.29) is 0 Å². The molecule has 1 aliphatic carbocycles. The van der Waals surface area contributed by atoms with E-state index in [9.17, 15) is 0 Å². The highest BCUT2D eigenvalue weighted by atomic mass is 15.3. The van der Waals surface area contributed by atoms with Crippen molar-refractivity contribution in [3.63, 3.8) is 0 Å². The number of fused-ring (bicyclic) bond motifs is 1. The average Bonchev–Trinajstić information content (AvgIpc) is 3.64. The molecule has 30 heavy (non-hydrogen) atoms. The number of rotatable bonds is 6. The Morgan fingerprint density at radius 2 is 1.57 bits per heavy atom. The van der Waals surface area contributed by atoms with Crippen molar-refractivity contribution in [3.8, 4) is 0 Å². The highest BCUT2D eigenvalue weighted by Crippen LogP contribution is 2.32. The molecule has 2 aliphatic heterocycles. The third-order valence-corrected chi connectivity index (χ3v) is 7.60. The monoisotopic (exact) mass is 403 g/mol. The molecule has 0 atom stereocenters. The van der Waals surface area contributed by atoms with Gasteiger partial charge in [-0.2, -0.15) is 0 Å². The number of nitrogens with zero attached hydrogens (tertiary/aromatic N) is 3. The maximum atomic E-state index is 2.70. The first kappa shape index (κ1) is 20.1. The molecular formula is C27H37N3. The quantitative estimate of drug-likeness (QED) is 0.616. The normalized spacial score (nSPS) is 21.4. The Kier molecular flexibility index (Phi) is 6.10. The zero-order chi connectivity index (χ0) is 20.3. The first-order chi connectivity index (χ1) is 14.8. The van der Waals surface area contributed by atoms with Crippen LogP contribution in [-0.2, 0) is 0 Å². The molecule has 3 heteroatoms. The number of hydrogen-bond donors (Lipinski definition) is 0. The van der Waals surface area contributed by atoms with Gasteiger partial charge in [-0.25, -0.2) is 0 Å². The van der Waals surface area contributed by atoms with Crippen molar-refractivity contribution in [2.24, 2.45) is 5.92 Å². The van der Waals surface area contributed by atoms with E-state index in [2.05, 4.69) is 64.1 Å². The fraction of sp³-hybridized carbons (Fsp3) is 0.556. The molecule has 2 heterocycles. The van der Waals surface area contributed by atoms with Crippen molar-refractivity contribution in [1.82, 2.24) is 9.80 Å². The Bertz CT molecular complexity index is 875. The van der Waals surface area contributed by atoms with Crippen molar-refractivity contribution in [1.29, 1.82) is 0 Å². The fourth-order valence-corrected chi connectivity index (χ4v) is 5.43. The zero-order valence-electron chi connectivity index (χ0n) is 18.7. The predicted octanol–water partition coefficient (Wildman–Crippen LogP) is 5.17. The summed E-state index contributed by atoms with van der Waals surface area (Å²) < 4.78 is 0. The molecule has 5 rings (SSSR count). The Balaban J connectivity index is 1.06. The Morgan fingerprint density at radius 1 is 0.833 bits per heavy atom. The molecule has 1 saturated carbocycles. The SMILES string of the molecule is CC(CN1CCC(CCN2CCN(c3cccc4ccccc34)CC2)CC1)=C1CC1. The number of piperazine rings is 1. The van der Waals surface area contributed by atoms with Crippen LogP contribution in [0.25, 0.3) is 10.8 Å². The van der Waals surface area contributed by atoms with Crippen LogP contribution in [0.4, 0.5) is 5.69 Å². The summed E-state index contributed by atoms with van der Waals surface area (Å²) in [5, 5.41) is 2.75. The molecule has 2 aromatic rings. The van der Waals surface area contributed by atoms with E-state index in [4.69, 9.17) is 0 Å². The third kappa shape index (κ3) is 4.73. The summed E-state index contributed by atoms with van der Waals surface area (Å²) in [7, 11) is 0. The van der Waals surface area contributed by atoms with E-state index >= 15 is 0 Å². The lowest BCUT2D eigenvalue weighted by Gasteiger charge is -2.38. The van der Waals surface area contributed by atoms with Crippen LogP contribution in [0.5, 0.6) is 0 Å². The van der Waals surface area contributed by atoms with Gasteiger partial charge in [0.1, 0.15) is 0 Å². The molecule has 0 bridgehead atoms. The summed E-state index contributed by atoms with van der Waals surface area (Å²) in [6.45, 7) is 12.2. The van der Waals surface area contributed by atoms with Crippen LogP contribution in [0.15, 0.2) is 53.6 Å². The zero-order valence-corrected chi connectivity index (χ0v) is 18.7. The van der Waals surface area contributed by atoms with Crippen molar-refractivity contribution >= 4 is 16.5 Å². The number of allylic oxidation sites excluding steroid dienone is 1. The van der Waals surface area contributed by atoms with E-state index in [1.807, 2.05) is 0 Å². The summed E-state index contributed by atoms with van der Waals surface area (Å²) in [5.41, 5.74) is 4.81. The topological polar surface area (TPSA) is 9.72 Å². The Hall–Kier alpha value is -1.84. The molecule has 3 nitrogen and oxygen atoms in total. The van der Waals surface area contributed by atoms with E-state index in [1.54, 1.807) is 11.1 Å². The van der Waals surface area contributed by atoms with E-state index in [0.717, 1.165) is 19.0 Å². The predicted molar refractivity (Wildman–Crippen MR) is 128 cm³/mol. The minimum Gasteiger partial charge on any atom is -0.368 e. The van der Waals surface area contributed by atoms with Gasteiger partial charge in [-0.3, -0.25) is 9.80 Å². The Morgan fingerprint density at radius 3 is 2.33 bits per heavy atom. The molecule has 0 radical (unpaired) electrons. The van der Waals surface area contributed by atoms with Gasteiger partial charge in [0.15, 0.2) is 0 Å². The summed E-state index contributed by atoms with van der Waals surface area (Å²) in [4.78, 5) is 7.99. The first-order valence-electron chi connectivity index (χ1n) is 12.1. The van der Waals surface area contributed by atoms with Gasteiger partial charge in [0.05, 0.1) is 0 Å². The molecule has 3 aliphatic rings. The highest BCUT2D eigenvalue weighted by Gasteiger charge is 2.23. The van der Waals surface area contributed by atoms with Crippen molar-refractivity contribution in [2.45, 2.75) is 39.0 Å². The number of piperidine rings is 1. The number of likely N-dealkylation sites (tertiary alicyclic amines) is 1. The fourth-order valence-electron chi connectivity index (χ4n) is 5.43. The van der Waals surface area contributed by atoms with E-state index in [0.29, 0.717) is 0 Å². The van der Waals surface area contributed by atoms with Gasteiger partial charge in [-0.1, -0.05) is 47.5 Å². The van der Waals surface area contributed by atoms with Gasteiger partial charge < -0.3 is 4.90 Å². The van der Waals surface area contributed by atoms with Crippen LogP contribution in [0.3, 0.4) is 0 Å². The average molecular weight is 404 g/mol. The van der Waals surface area contributed by atoms with Gasteiger partial charge in [-0.05, 0) is 76.0 Å². The van der Waals surface area contributed by atoms with Gasteiger partial charge in [0.25, 0.3) is 0 Å². The molecule has 0 amide bonds. The number of hydrogen-bond acceptors (Lipinski definition) is 3. The smallest absolute Gasteiger partial charge is 0.0446 e. The third-order valence-electron chi connectivity index (χ3n) is 7.60. The first-order valence-corrected chi connectivity index (χ1v) is 12.1. The summed E-state index contributed by atoms with van der Waals surface area (Å²) in [6, 6.07) is 15.5. The van der Waals surface area contributed by atoms with Gasteiger partial charge in [0, 0.05) is 43.8 Å². The van der Waals surface area contributed by atoms with Crippen LogP contribution in [0.1, 0.15) is 39.0 Å². The number of benzene rings is 2. The van der Waals surface area contributed by atoms with Crippen LogP contribution in [0, 0.1) is 5.92 Å². The van der Waals surface area contributed by atoms with Gasteiger partial charge in [-0.15, -0.1) is 0 Å². The summed E-state index contributed by atoms with van der Waals surface area (Å²) >= 11 is 0. The van der Waals surface area contributed by atoms with Crippen molar-refractivity contribution < 1.29 is 0 Å². The summed E-state index contributed by atoms with van der Waals surface area (Å²) in [5.74, 6) is 0.936. The lowest BCUT2D eigenvalue weighted by Crippen LogP contribution is -2.47. The molecule has 3 fully saturated rings. The molecule has 0 unspecified atom stereocenters. The second kappa shape index (κ2) is 9.11. The highest BCUT2D eigenvalue weighted by molar-refractivity contribution is 5.94. The molecule has 160 valence electrons. The molecule has 0 aromatic heterocycles. The second-order valence-corrected chi connectivity index (χ2v) is 9.72. The maximum absolute atomic E-state index is 2.70. The van der Waals surface area contributed by atoms with Crippen LogP contribution in [-0.4, -0.2) is 62.2 Å². The van der Waals surface area contributed by atoms with Crippen molar-refractivity contribution in [3.05, 3.63) is 53.6 Å². The molecule has 2 aromatic carbocycles. The number of anilines is 1. The molecular weight excluding hydrogens is 366 g/mol. The maximum Gasteiger partial charge on any atom is 0.0446 e. The largest absolute Gasteiger partial charge is 0.368 e. The standard InChI is InChI=1S/C27H37N3/c1-22(24-9-10-24)21-29-15-12-23(13-16-29)11-14-28-17-19-30(20-18-28)27-8-4-6-25-5-2-3-7-26(25)27/h2-8,23H,9-21H2,1H3. The van der Waals surface area contributed by atoms with Gasteiger partial charge >= 0.3 is 0 Å². The molecule has 0 spiro atoms. The lowest BCUT2D eigenvalue weighted by atomic mass is 9.93. The van der Waals surface area contributed by atoms with Gasteiger partial charge in [0.2, 0.25) is 0 Å². The lowest BCUT2D eigenvalue weighted by molar-refractivity contribution is 0.169. The van der Waals surface area contributed by atoms with E-state index < -0.39 is 0 Å². The summed E-state index contributed by atoms with van der Waals surface area (Å²) in [6.07, 6.45) is 6.94. The molecule has 0 N–H and O–H groups in total. The Labute approximate surface area is 182 Å². The van der Waals surface area contributed by atoms with Crippen LogP contribution >= 0.6 is 0 Å². The second-order valence-electron chi connectivity index (χ2n) is 9.72. The minimum atomic E-state index is 0.936. The minimum absolute atomic E-state index is 0.936.